The zero-order valence-electron chi connectivity index (χ0n) is 11.6. The van der Waals surface area contributed by atoms with Gasteiger partial charge in [-0.15, -0.1) is 0 Å². The van der Waals surface area contributed by atoms with Crippen LogP contribution >= 0.6 is 15.9 Å². The maximum Gasteiger partial charge on any atom is 0.274 e. The molecule has 1 aromatic rings. The molecule has 106 valence electrons. The molecular weight excluding hydrogens is 308 g/mol. The molecule has 5 heteroatoms. The number of carbonyl (C=O) groups is 1. The van der Waals surface area contributed by atoms with Crippen molar-refractivity contribution in [1.82, 2.24) is 5.43 Å². The number of rotatable bonds is 6. The molecule has 4 nitrogen and oxygen atoms in total. The Hall–Kier alpha value is -1.07. The molecule has 19 heavy (non-hydrogen) atoms. The van der Waals surface area contributed by atoms with Gasteiger partial charge in [-0.05, 0) is 36.1 Å². The van der Waals surface area contributed by atoms with Crippen LogP contribution in [0.5, 0.6) is 5.75 Å². The van der Waals surface area contributed by atoms with Gasteiger partial charge in [0.25, 0.3) is 5.91 Å². The molecular formula is C14H21BrN2O2. The summed E-state index contributed by atoms with van der Waals surface area (Å²) in [4.78, 5) is 11.7. The molecule has 0 aromatic heterocycles. The molecule has 0 aliphatic heterocycles. The Morgan fingerprint density at radius 2 is 2.16 bits per heavy atom. The van der Waals surface area contributed by atoms with E-state index in [0.29, 0.717) is 12.3 Å². The Labute approximate surface area is 122 Å². The highest BCUT2D eigenvalue weighted by atomic mass is 79.9. The summed E-state index contributed by atoms with van der Waals surface area (Å²) in [7, 11) is 0. The fourth-order valence-electron chi connectivity index (χ4n) is 1.83. The summed E-state index contributed by atoms with van der Waals surface area (Å²) < 4.78 is 6.84. The number of nitrogens with two attached hydrogens (primary N) is 1. The summed E-state index contributed by atoms with van der Waals surface area (Å²) in [5.74, 6) is 5.95. The largest absolute Gasteiger partial charge is 0.480 e. The number of carbonyl (C=O) groups excluding carboxylic acids is 1. The summed E-state index contributed by atoms with van der Waals surface area (Å²) in [6, 6.07) is 5.81. The normalized spacial score (nSPS) is 12.3. The van der Waals surface area contributed by atoms with E-state index in [1.165, 1.54) is 0 Å². The smallest absolute Gasteiger partial charge is 0.274 e. The first-order valence-corrected chi connectivity index (χ1v) is 7.25. The molecule has 0 bridgehead atoms. The van der Waals surface area contributed by atoms with Crippen LogP contribution in [0.25, 0.3) is 0 Å². The van der Waals surface area contributed by atoms with E-state index >= 15 is 0 Å². The molecule has 0 fully saturated rings. The van der Waals surface area contributed by atoms with E-state index in [9.17, 15) is 4.79 Å². The number of halogens is 1. The van der Waals surface area contributed by atoms with Crippen LogP contribution in [0.1, 0.15) is 45.1 Å². The summed E-state index contributed by atoms with van der Waals surface area (Å²) in [6.45, 7) is 6.18. The molecule has 1 amide bonds. The van der Waals surface area contributed by atoms with Gasteiger partial charge in [-0.2, -0.15) is 0 Å². The van der Waals surface area contributed by atoms with E-state index in [-0.39, 0.29) is 5.91 Å². The Bertz CT molecular complexity index is 435. The van der Waals surface area contributed by atoms with Crippen molar-refractivity contribution in [3.8, 4) is 5.75 Å². The van der Waals surface area contributed by atoms with E-state index in [2.05, 4.69) is 35.2 Å². The zero-order valence-corrected chi connectivity index (χ0v) is 13.2. The fourth-order valence-corrected chi connectivity index (χ4v) is 2.21. The lowest BCUT2D eigenvalue weighted by atomic mass is 10.0. The Kier molecular flexibility index (Phi) is 6.31. The van der Waals surface area contributed by atoms with Crippen LogP contribution in [0.15, 0.2) is 22.7 Å². The molecule has 3 N–H and O–H groups in total. The number of hydrogen-bond acceptors (Lipinski definition) is 3. The van der Waals surface area contributed by atoms with Gasteiger partial charge in [-0.25, -0.2) is 5.84 Å². The number of hydrogen-bond donors (Lipinski definition) is 2. The number of benzene rings is 1. The van der Waals surface area contributed by atoms with Gasteiger partial charge in [-0.1, -0.05) is 43.1 Å². The maximum absolute atomic E-state index is 11.7. The van der Waals surface area contributed by atoms with Crippen LogP contribution < -0.4 is 16.0 Å². The standard InChI is InChI=1S/C14H21BrN2O2/c1-4-5-13(14(18)17-16)19-12-7-6-10(15)8-11(12)9(2)3/h6-9,13H,4-5,16H2,1-3H3,(H,17,18). The average Bonchev–Trinajstić information content (AvgIpc) is 2.38. The van der Waals surface area contributed by atoms with E-state index in [4.69, 9.17) is 10.6 Å². The van der Waals surface area contributed by atoms with Crippen LogP contribution in [-0.4, -0.2) is 12.0 Å². The molecule has 0 saturated heterocycles. The second-order valence-corrected chi connectivity index (χ2v) is 5.66. The molecule has 0 radical (unpaired) electrons. The second kappa shape index (κ2) is 7.50. The molecule has 0 saturated carbocycles. The van der Waals surface area contributed by atoms with Gasteiger partial charge in [-0.3, -0.25) is 10.2 Å². The highest BCUT2D eigenvalue weighted by molar-refractivity contribution is 9.10. The number of hydrazine groups is 1. The summed E-state index contributed by atoms with van der Waals surface area (Å²) in [6.07, 6.45) is 0.941. The number of nitrogens with one attached hydrogen (secondary N) is 1. The van der Waals surface area contributed by atoms with Crippen LogP contribution in [0, 0.1) is 0 Å². The minimum atomic E-state index is -0.548. The highest BCUT2D eigenvalue weighted by Crippen LogP contribution is 2.30. The van der Waals surface area contributed by atoms with Gasteiger partial charge < -0.3 is 4.74 Å². The third kappa shape index (κ3) is 4.51. The lowest BCUT2D eigenvalue weighted by Gasteiger charge is -2.20. The van der Waals surface area contributed by atoms with Crippen molar-refractivity contribution < 1.29 is 9.53 Å². The monoisotopic (exact) mass is 328 g/mol. The second-order valence-electron chi connectivity index (χ2n) is 4.74. The zero-order chi connectivity index (χ0) is 14.4. The van der Waals surface area contributed by atoms with E-state index in [0.717, 1.165) is 22.2 Å². The van der Waals surface area contributed by atoms with Gasteiger partial charge in [0.05, 0.1) is 0 Å². The molecule has 1 unspecified atom stereocenters. The van der Waals surface area contributed by atoms with Gasteiger partial charge in [0.2, 0.25) is 0 Å². The fraction of sp³-hybridized carbons (Fsp3) is 0.500. The molecule has 0 spiro atoms. The third-order valence-electron chi connectivity index (χ3n) is 2.85. The molecule has 0 aliphatic rings. The molecule has 1 atom stereocenters. The van der Waals surface area contributed by atoms with Crippen molar-refractivity contribution in [2.24, 2.45) is 5.84 Å². The molecule has 0 heterocycles. The first-order valence-electron chi connectivity index (χ1n) is 6.46. The van der Waals surface area contributed by atoms with Crippen LogP contribution in [0.2, 0.25) is 0 Å². The van der Waals surface area contributed by atoms with E-state index in [1.54, 1.807) is 0 Å². The van der Waals surface area contributed by atoms with Gasteiger partial charge >= 0.3 is 0 Å². The lowest BCUT2D eigenvalue weighted by Crippen LogP contribution is -2.42. The van der Waals surface area contributed by atoms with Crippen molar-refractivity contribution >= 4 is 21.8 Å². The van der Waals surface area contributed by atoms with Crippen molar-refractivity contribution in [2.75, 3.05) is 0 Å². The van der Waals surface area contributed by atoms with Gasteiger partial charge in [0.15, 0.2) is 6.10 Å². The Morgan fingerprint density at radius 1 is 1.47 bits per heavy atom. The quantitative estimate of drug-likeness (QED) is 0.479. The Morgan fingerprint density at radius 3 is 2.68 bits per heavy atom. The first kappa shape index (κ1) is 16.0. The van der Waals surface area contributed by atoms with Crippen LogP contribution in [0.4, 0.5) is 0 Å². The summed E-state index contributed by atoms with van der Waals surface area (Å²) >= 11 is 3.45. The lowest BCUT2D eigenvalue weighted by molar-refractivity contribution is -0.128. The van der Waals surface area contributed by atoms with E-state index < -0.39 is 6.10 Å². The van der Waals surface area contributed by atoms with Gasteiger partial charge in [0, 0.05) is 4.47 Å². The number of amides is 1. The van der Waals surface area contributed by atoms with Crippen molar-refractivity contribution in [3.05, 3.63) is 28.2 Å². The maximum atomic E-state index is 11.7. The average molecular weight is 329 g/mol. The SMILES string of the molecule is CCCC(Oc1ccc(Br)cc1C(C)C)C(=O)NN. The van der Waals surface area contributed by atoms with Crippen LogP contribution in [0.3, 0.4) is 0 Å². The molecule has 0 aliphatic carbocycles. The van der Waals surface area contributed by atoms with E-state index in [1.807, 2.05) is 25.1 Å². The van der Waals surface area contributed by atoms with Crippen molar-refractivity contribution in [3.63, 3.8) is 0 Å². The van der Waals surface area contributed by atoms with Gasteiger partial charge in [0.1, 0.15) is 5.75 Å². The predicted octanol–water partition coefficient (Wildman–Crippen LogP) is 3.11. The molecule has 1 aromatic carbocycles. The molecule has 1 rings (SSSR count). The summed E-state index contributed by atoms with van der Waals surface area (Å²) in [5, 5.41) is 0. The minimum Gasteiger partial charge on any atom is -0.480 e. The van der Waals surface area contributed by atoms with Crippen LogP contribution in [-0.2, 0) is 4.79 Å². The highest BCUT2D eigenvalue weighted by Gasteiger charge is 2.20. The third-order valence-corrected chi connectivity index (χ3v) is 3.34. The van der Waals surface area contributed by atoms with Crippen molar-refractivity contribution in [1.29, 1.82) is 0 Å². The Balaban J connectivity index is 2.98. The summed E-state index contributed by atoms with van der Waals surface area (Å²) in [5.41, 5.74) is 3.23. The van der Waals surface area contributed by atoms with Crippen molar-refractivity contribution in [2.45, 2.75) is 45.6 Å². The first-order chi connectivity index (χ1) is 8.99. The predicted molar refractivity (Wildman–Crippen MR) is 79.9 cm³/mol. The topological polar surface area (TPSA) is 64.3 Å². The number of ether oxygens (including phenoxy) is 1. The minimum absolute atomic E-state index is 0.292.